The summed E-state index contributed by atoms with van der Waals surface area (Å²) in [5.41, 5.74) is 1.83. The Labute approximate surface area is 129 Å². The lowest BCUT2D eigenvalue weighted by molar-refractivity contribution is 0.0919. The van der Waals surface area contributed by atoms with Crippen LogP contribution in [0.15, 0.2) is 29.7 Å². The fourth-order valence-electron chi connectivity index (χ4n) is 3.10. The number of hydrogen-bond acceptors (Lipinski definition) is 2. The molecule has 1 aliphatic carbocycles. The second-order valence-electron chi connectivity index (χ2n) is 6.06. The highest BCUT2D eigenvalue weighted by atomic mass is 32.1. The summed E-state index contributed by atoms with van der Waals surface area (Å²) in [6.45, 7) is 6.70. The van der Waals surface area contributed by atoms with Gasteiger partial charge < -0.3 is 9.88 Å². The molecule has 21 heavy (non-hydrogen) atoms. The molecule has 2 heterocycles. The number of nitrogens with zero attached hydrogens (tertiary/aromatic N) is 1. The first kappa shape index (κ1) is 14.4. The molecule has 0 saturated heterocycles. The van der Waals surface area contributed by atoms with Crippen LogP contribution >= 0.6 is 11.3 Å². The van der Waals surface area contributed by atoms with Crippen molar-refractivity contribution in [3.8, 4) is 0 Å². The molecule has 2 aromatic heterocycles. The summed E-state index contributed by atoms with van der Waals surface area (Å²) >= 11 is 1.68. The molecule has 112 valence electrons. The van der Waals surface area contributed by atoms with E-state index in [2.05, 4.69) is 27.9 Å². The Hall–Kier alpha value is -1.55. The van der Waals surface area contributed by atoms with Crippen LogP contribution in [0.25, 0.3) is 10.2 Å². The van der Waals surface area contributed by atoms with Gasteiger partial charge in [-0.25, -0.2) is 0 Å². The summed E-state index contributed by atoms with van der Waals surface area (Å²) in [5, 5.41) is 6.43. The van der Waals surface area contributed by atoms with E-state index in [4.69, 9.17) is 0 Å². The van der Waals surface area contributed by atoms with Gasteiger partial charge in [0.2, 0.25) is 0 Å². The van der Waals surface area contributed by atoms with E-state index in [0.29, 0.717) is 12.6 Å². The van der Waals surface area contributed by atoms with E-state index in [1.54, 1.807) is 11.3 Å². The minimum Gasteiger partial charge on any atom is -0.348 e. The number of thiophene rings is 1. The van der Waals surface area contributed by atoms with Crippen LogP contribution in [-0.2, 0) is 6.54 Å². The number of fused-ring (bicyclic) bond motifs is 1. The molecular formula is C17H22N2OS. The number of amides is 1. The summed E-state index contributed by atoms with van der Waals surface area (Å²) in [6, 6.07) is 4.43. The van der Waals surface area contributed by atoms with Gasteiger partial charge in [0.25, 0.3) is 5.91 Å². The fraction of sp³-hybridized carbons (Fsp3) is 0.471. The third kappa shape index (κ3) is 3.05. The number of carbonyl (C=O) groups excluding carboxylic acids is 1. The van der Waals surface area contributed by atoms with Crippen LogP contribution < -0.4 is 5.32 Å². The molecule has 3 rings (SSSR count). The van der Waals surface area contributed by atoms with Gasteiger partial charge in [-0.15, -0.1) is 11.3 Å². The number of allylic oxidation sites excluding steroid dienone is 1. The minimum atomic E-state index is 0.0616. The SMILES string of the molecule is C=C(C)Cn1c(C(=O)NC2CCCCC2)cc2ccsc21. The van der Waals surface area contributed by atoms with Crippen LogP contribution in [0.2, 0.25) is 0 Å². The maximum atomic E-state index is 12.6. The molecule has 1 saturated carbocycles. The van der Waals surface area contributed by atoms with E-state index in [1.807, 2.05) is 13.0 Å². The number of carbonyl (C=O) groups is 1. The predicted octanol–water partition coefficient (Wildman–Crippen LogP) is 4.34. The predicted molar refractivity (Wildman–Crippen MR) is 89.0 cm³/mol. The quantitative estimate of drug-likeness (QED) is 0.837. The molecule has 1 N–H and O–H groups in total. The van der Waals surface area contributed by atoms with Crippen molar-refractivity contribution in [3.63, 3.8) is 0 Å². The fourth-order valence-corrected chi connectivity index (χ4v) is 3.99. The van der Waals surface area contributed by atoms with E-state index in [1.165, 1.54) is 19.3 Å². The summed E-state index contributed by atoms with van der Waals surface area (Å²) < 4.78 is 2.10. The van der Waals surface area contributed by atoms with Crippen molar-refractivity contribution in [1.29, 1.82) is 0 Å². The summed E-state index contributed by atoms with van der Waals surface area (Å²) in [4.78, 5) is 13.8. The van der Waals surface area contributed by atoms with E-state index in [-0.39, 0.29) is 5.91 Å². The maximum absolute atomic E-state index is 12.6. The van der Waals surface area contributed by atoms with Crippen LogP contribution in [0.5, 0.6) is 0 Å². The zero-order valence-corrected chi connectivity index (χ0v) is 13.3. The smallest absolute Gasteiger partial charge is 0.268 e. The van der Waals surface area contributed by atoms with Gasteiger partial charge in [-0.1, -0.05) is 31.4 Å². The molecule has 0 aromatic carbocycles. The van der Waals surface area contributed by atoms with Gasteiger partial charge >= 0.3 is 0 Å². The molecule has 0 aliphatic heterocycles. The van der Waals surface area contributed by atoms with Gasteiger partial charge in [0.15, 0.2) is 0 Å². The van der Waals surface area contributed by atoms with Crippen molar-refractivity contribution in [2.75, 3.05) is 0 Å². The van der Waals surface area contributed by atoms with Crippen LogP contribution in [0.3, 0.4) is 0 Å². The normalized spacial score (nSPS) is 16.2. The third-order valence-electron chi connectivity index (χ3n) is 4.10. The zero-order chi connectivity index (χ0) is 14.8. The monoisotopic (exact) mass is 302 g/mol. The van der Waals surface area contributed by atoms with Crippen LogP contribution in [0, 0.1) is 0 Å². The lowest BCUT2D eigenvalue weighted by Gasteiger charge is -2.23. The van der Waals surface area contributed by atoms with Gasteiger partial charge in [-0.3, -0.25) is 4.79 Å². The molecule has 0 bridgehead atoms. The van der Waals surface area contributed by atoms with E-state index >= 15 is 0 Å². The Morgan fingerprint density at radius 1 is 1.43 bits per heavy atom. The Kier molecular flexibility index (Phi) is 4.15. The Morgan fingerprint density at radius 2 is 2.19 bits per heavy atom. The highest BCUT2D eigenvalue weighted by molar-refractivity contribution is 7.16. The van der Waals surface area contributed by atoms with Crippen LogP contribution in [-0.4, -0.2) is 16.5 Å². The number of nitrogens with one attached hydrogen (secondary N) is 1. The van der Waals surface area contributed by atoms with Crippen LogP contribution in [0.1, 0.15) is 49.5 Å². The molecule has 0 spiro atoms. The average Bonchev–Trinajstić information content (AvgIpc) is 3.02. The molecule has 4 heteroatoms. The Bertz CT molecular complexity index is 661. The number of aromatic nitrogens is 1. The first-order valence-electron chi connectivity index (χ1n) is 7.67. The zero-order valence-electron chi connectivity index (χ0n) is 12.5. The van der Waals surface area contributed by atoms with Gasteiger partial charge in [0.05, 0.1) is 0 Å². The van der Waals surface area contributed by atoms with Crippen molar-refractivity contribution >= 4 is 27.5 Å². The van der Waals surface area contributed by atoms with Crippen molar-refractivity contribution in [2.45, 2.75) is 51.6 Å². The highest BCUT2D eigenvalue weighted by Crippen LogP contribution is 2.26. The third-order valence-corrected chi connectivity index (χ3v) is 5.05. The molecule has 0 unspecified atom stereocenters. The van der Waals surface area contributed by atoms with Crippen molar-refractivity contribution < 1.29 is 4.79 Å². The van der Waals surface area contributed by atoms with Gasteiger partial charge in [-0.2, -0.15) is 0 Å². The molecule has 1 amide bonds. The standard InChI is InChI=1S/C17H22N2OS/c1-12(2)11-19-15(10-13-8-9-21-17(13)19)16(20)18-14-6-4-3-5-7-14/h8-10,14H,1,3-7,11H2,2H3,(H,18,20). The van der Waals surface area contributed by atoms with E-state index in [9.17, 15) is 4.79 Å². The highest BCUT2D eigenvalue weighted by Gasteiger charge is 2.20. The lowest BCUT2D eigenvalue weighted by atomic mass is 9.95. The first-order valence-corrected chi connectivity index (χ1v) is 8.55. The second kappa shape index (κ2) is 6.06. The van der Waals surface area contributed by atoms with Crippen molar-refractivity contribution in [3.05, 3.63) is 35.4 Å². The second-order valence-corrected chi connectivity index (χ2v) is 6.96. The van der Waals surface area contributed by atoms with Crippen LogP contribution in [0.4, 0.5) is 0 Å². The number of hydrogen-bond donors (Lipinski definition) is 1. The van der Waals surface area contributed by atoms with Crippen molar-refractivity contribution in [1.82, 2.24) is 9.88 Å². The summed E-state index contributed by atoms with van der Waals surface area (Å²) in [7, 11) is 0. The molecular weight excluding hydrogens is 280 g/mol. The van der Waals surface area contributed by atoms with Gasteiger partial charge in [0.1, 0.15) is 10.5 Å². The topological polar surface area (TPSA) is 34.0 Å². The summed E-state index contributed by atoms with van der Waals surface area (Å²) in [5.74, 6) is 0.0616. The van der Waals surface area contributed by atoms with E-state index in [0.717, 1.165) is 34.3 Å². The molecule has 3 nitrogen and oxygen atoms in total. The first-order chi connectivity index (χ1) is 10.1. The Balaban J connectivity index is 1.85. The average molecular weight is 302 g/mol. The minimum absolute atomic E-state index is 0.0616. The lowest BCUT2D eigenvalue weighted by Crippen LogP contribution is -2.37. The molecule has 0 atom stereocenters. The molecule has 0 radical (unpaired) electrons. The molecule has 1 fully saturated rings. The molecule has 1 aliphatic rings. The Morgan fingerprint density at radius 3 is 2.90 bits per heavy atom. The van der Waals surface area contributed by atoms with E-state index < -0.39 is 0 Å². The molecule has 2 aromatic rings. The number of rotatable bonds is 4. The van der Waals surface area contributed by atoms with Crippen molar-refractivity contribution in [2.24, 2.45) is 0 Å². The maximum Gasteiger partial charge on any atom is 0.268 e. The van der Waals surface area contributed by atoms with Gasteiger partial charge in [-0.05, 0) is 37.3 Å². The largest absolute Gasteiger partial charge is 0.348 e. The van der Waals surface area contributed by atoms with Gasteiger partial charge in [0, 0.05) is 18.0 Å². The summed E-state index contributed by atoms with van der Waals surface area (Å²) in [6.07, 6.45) is 5.98.